The molecule has 1 saturated heterocycles. The van der Waals surface area contributed by atoms with Gasteiger partial charge >= 0.3 is 0 Å². The van der Waals surface area contributed by atoms with Crippen molar-refractivity contribution in [2.75, 3.05) is 19.8 Å². The maximum atomic E-state index is 12.8. The average molecular weight is 282 g/mol. The van der Waals surface area contributed by atoms with E-state index in [1.54, 1.807) is 0 Å². The number of carbonyl (C=O) groups is 2. The standard InChI is InChI=1S/C15H26N2O3/c1-3-9-20-10-8-17-12(2)11-13(18)16-15(14(17)19)6-4-5-7-15/h12H,3-11H2,1-2H3,(H,16,18). The predicted octanol–water partition coefficient (Wildman–Crippen LogP) is 1.46. The van der Waals surface area contributed by atoms with Gasteiger partial charge < -0.3 is 15.0 Å². The van der Waals surface area contributed by atoms with Gasteiger partial charge in [-0.25, -0.2) is 0 Å². The van der Waals surface area contributed by atoms with Gasteiger partial charge in [0.05, 0.1) is 6.61 Å². The molecule has 2 amide bonds. The topological polar surface area (TPSA) is 58.6 Å². The summed E-state index contributed by atoms with van der Waals surface area (Å²) in [7, 11) is 0. The summed E-state index contributed by atoms with van der Waals surface area (Å²) in [6.45, 7) is 5.87. The van der Waals surface area contributed by atoms with E-state index in [0.717, 1.165) is 38.7 Å². The van der Waals surface area contributed by atoms with Crippen molar-refractivity contribution < 1.29 is 14.3 Å². The lowest BCUT2D eigenvalue weighted by Crippen LogP contribution is -2.56. The zero-order valence-corrected chi connectivity index (χ0v) is 12.6. The first-order valence-corrected chi connectivity index (χ1v) is 7.79. The van der Waals surface area contributed by atoms with Crippen molar-refractivity contribution in [3.05, 3.63) is 0 Å². The van der Waals surface area contributed by atoms with Gasteiger partial charge in [-0.15, -0.1) is 0 Å². The van der Waals surface area contributed by atoms with E-state index >= 15 is 0 Å². The summed E-state index contributed by atoms with van der Waals surface area (Å²) in [5.41, 5.74) is -0.632. The molecule has 1 heterocycles. The monoisotopic (exact) mass is 282 g/mol. The van der Waals surface area contributed by atoms with Crippen molar-refractivity contribution in [2.24, 2.45) is 0 Å². The first kappa shape index (κ1) is 15.3. The van der Waals surface area contributed by atoms with Crippen LogP contribution in [0.25, 0.3) is 0 Å². The van der Waals surface area contributed by atoms with Crippen molar-refractivity contribution in [3.8, 4) is 0 Å². The third-order valence-electron chi connectivity index (χ3n) is 4.34. The van der Waals surface area contributed by atoms with E-state index in [2.05, 4.69) is 12.2 Å². The molecule has 1 saturated carbocycles. The van der Waals surface area contributed by atoms with Gasteiger partial charge in [-0.05, 0) is 26.2 Å². The summed E-state index contributed by atoms with van der Waals surface area (Å²) in [6.07, 6.45) is 4.95. The second-order valence-electron chi connectivity index (χ2n) is 6.00. The van der Waals surface area contributed by atoms with E-state index in [4.69, 9.17) is 4.74 Å². The Labute approximate surface area is 121 Å². The van der Waals surface area contributed by atoms with Crippen molar-refractivity contribution in [3.63, 3.8) is 0 Å². The first-order valence-electron chi connectivity index (χ1n) is 7.79. The highest BCUT2D eigenvalue weighted by Crippen LogP contribution is 2.34. The van der Waals surface area contributed by atoms with Crippen LogP contribution in [0.3, 0.4) is 0 Å². The predicted molar refractivity (Wildman–Crippen MR) is 76.2 cm³/mol. The van der Waals surface area contributed by atoms with Crippen LogP contribution < -0.4 is 5.32 Å². The molecule has 1 aliphatic carbocycles. The summed E-state index contributed by atoms with van der Waals surface area (Å²) in [4.78, 5) is 26.7. The van der Waals surface area contributed by atoms with Crippen LogP contribution in [0, 0.1) is 0 Å². The van der Waals surface area contributed by atoms with Crippen LogP contribution >= 0.6 is 0 Å². The normalized spacial score (nSPS) is 25.9. The average Bonchev–Trinajstić information content (AvgIpc) is 2.84. The van der Waals surface area contributed by atoms with E-state index in [0.29, 0.717) is 19.6 Å². The maximum absolute atomic E-state index is 12.8. The Hall–Kier alpha value is -1.10. The highest BCUT2D eigenvalue weighted by atomic mass is 16.5. The van der Waals surface area contributed by atoms with Crippen LogP contribution in [0.4, 0.5) is 0 Å². The largest absolute Gasteiger partial charge is 0.380 e. The van der Waals surface area contributed by atoms with Crippen LogP contribution in [0.5, 0.6) is 0 Å². The van der Waals surface area contributed by atoms with Gasteiger partial charge in [0, 0.05) is 25.6 Å². The summed E-state index contributed by atoms with van der Waals surface area (Å²) in [5, 5.41) is 3.00. The lowest BCUT2D eigenvalue weighted by molar-refractivity contribution is -0.140. The zero-order chi connectivity index (χ0) is 14.6. The van der Waals surface area contributed by atoms with Gasteiger partial charge in [0.1, 0.15) is 5.54 Å². The van der Waals surface area contributed by atoms with Gasteiger partial charge in [-0.2, -0.15) is 0 Å². The number of hydrogen-bond donors (Lipinski definition) is 1. The molecule has 20 heavy (non-hydrogen) atoms. The van der Waals surface area contributed by atoms with E-state index in [1.807, 2.05) is 11.8 Å². The minimum Gasteiger partial charge on any atom is -0.380 e. The minimum absolute atomic E-state index is 0.00438. The molecule has 0 aromatic heterocycles. The van der Waals surface area contributed by atoms with Crippen LogP contribution in [-0.4, -0.2) is 48.1 Å². The molecule has 5 heteroatoms. The van der Waals surface area contributed by atoms with Crippen molar-refractivity contribution in [1.82, 2.24) is 10.2 Å². The van der Waals surface area contributed by atoms with Gasteiger partial charge in [-0.1, -0.05) is 19.8 Å². The Morgan fingerprint density at radius 3 is 2.65 bits per heavy atom. The lowest BCUT2D eigenvalue weighted by Gasteiger charge is -2.34. The number of carbonyl (C=O) groups excluding carboxylic acids is 2. The van der Waals surface area contributed by atoms with Gasteiger partial charge in [0.2, 0.25) is 11.8 Å². The van der Waals surface area contributed by atoms with Crippen molar-refractivity contribution >= 4 is 11.8 Å². The summed E-state index contributed by atoms with van der Waals surface area (Å²) >= 11 is 0. The van der Waals surface area contributed by atoms with Crippen LogP contribution in [0.1, 0.15) is 52.4 Å². The number of nitrogens with zero attached hydrogens (tertiary/aromatic N) is 1. The smallest absolute Gasteiger partial charge is 0.248 e. The third-order valence-corrected chi connectivity index (χ3v) is 4.34. The molecule has 2 fully saturated rings. The van der Waals surface area contributed by atoms with Crippen LogP contribution in [0.2, 0.25) is 0 Å². The highest BCUT2D eigenvalue weighted by Gasteiger charge is 2.47. The molecule has 0 aromatic carbocycles. The molecule has 0 aromatic rings. The fourth-order valence-electron chi connectivity index (χ4n) is 3.27. The molecular weight excluding hydrogens is 256 g/mol. The van der Waals surface area contributed by atoms with E-state index in [9.17, 15) is 9.59 Å². The molecule has 0 bridgehead atoms. The number of ether oxygens (including phenoxy) is 1. The van der Waals surface area contributed by atoms with Crippen LogP contribution in [0.15, 0.2) is 0 Å². The van der Waals surface area contributed by atoms with Crippen molar-refractivity contribution in [2.45, 2.75) is 64.0 Å². The molecule has 1 unspecified atom stereocenters. The van der Waals surface area contributed by atoms with E-state index in [-0.39, 0.29) is 17.9 Å². The molecule has 1 spiro atoms. The fraction of sp³-hybridized carbons (Fsp3) is 0.867. The third kappa shape index (κ3) is 3.14. The Morgan fingerprint density at radius 2 is 2.00 bits per heavy atom. The highest BCUT2D eigenvalue weighted by molar-refractivity contribution is 5.94. The molecule has 114 valence electrons. The second-order valence-corrected chi connectivity index (χ2v) is 6.00. The van der Waals surface area contributed by atoms with Crippen LogP contribution in [-0.2, 0) is 14.3 Å². The lowest BCUT2D eigenvalue weighted by atomic mass is 9.95. The number of nitrogens with one attached hydrogen (secondary N) is 1. The first-order chi connectivity index (χ1) is 9.59. The molecule has 0 radical (unpaired) electrons. The zero-order valence-electron chi connectivity index (χ0n) is 12.6. The SMILES string of the molecule is CCCOCCN1C(=O)C2(CCCC2)NC(=O)CC1C. The Kier molecular flexibility index (Phi) is 5.02. The van der Waals surface area contributed by atoms with E-state index < -0.39 is 5.54 Å². The molecular formula is C15H26N2O3. The fourth-order valence-corrected chi connectivity index (χ4v) is 3.27. The summed E-state index contributed by atoms with van der Waals surface area (Å²) in [5.74, 6) is 0.0955. The van der Waals surface area contributed by atoms with Crippen molar-refractivity contribution in [1.29, 1.82) is 0 Å². The number of amides is 2. The molecule has 1 atom stereocenters. The Morgan fingerprint density at radius 1 is 1.30 bits per heavy atom. The molecule has 2 aliphatic rings. The van der Waals surface area contributed by atoms with Gasteiger partial charge in [-0.3, -0.25) is 9.59 Å². The summed E-state index contributed by atoms with van der Waals surface area (Å²) < 4.78 is 5.50. The Bertz CT molecular complexity index is 364. The summed E-state index contributed by atoms with van der Waals surface area (Å²) in [6, 6.07) is -0.0484. The quantitative estimate of drug-likeness (QED) is 0.777. The van der Waals surface area contributed by atoms with E-state index in [1.165, 1.54) is 0 Å². The molecule has 1 aliphatic heterocycles. The van der Waals surface area contributed by atoms with Gasteiger partial charge in [0.25, 0.3) is 0 Å². The molecule has 5 nitrogen and oxygen atoms in total. The molecule has 2 rings (SSSR count). The molecule has 1 N–H and O–H groups in total. The minimum atomic E-state index is -0.632. The number of hydrogen-bond acceptors (Lipinski definition) is 3. The Balaban J connectivity index is 2.07. The van der Waals surface area contributed by atoms with Gasteiger partial charge in [0.15, 0.2) is 0 Å². The number of rotatable bonds is 5. The maximum Gasteiger partial charge on any atom is 0.248 e. The second kappa shape index (κ2) is 6.57.